The molecule has 0 spiro atoms. The Morgan fingerprint density at radius 2 is 1.49 bits per heavy atom. The van der Waals surface area contributed by atoms with Crippen LogP contribution in [0.5, 0.6) is 0 Å². The number of nitrogens with one attached hydrogen (secondary N) is 1. The number of aromatic amines is 1. The Kier molecular flexibility index (Phi) is 3.95. The van der Waals surface area contributed by atoms with Gasteiger partial charge in [0.25, 0.3) is 16.9 Å². The summed E-state index contributed by atoms with van der Waals surface area (Å²) in [6.45, 7) is 0. The molecule has 0 saturated heterocycles. The lowest BCUT2D eigenvalue weighted by Crippen LogP contribution is -2.46. The number of aromatic nitrogens is 3. The van der Waals surface area contributed by atoms with E-state index in [1.807, 2.05) is 78.9 Å². The smallest absolute Gasteiger partial charge is 0.289 e. The molecule has 210 valence electrons. The summed E-state index contributed by atoms with van der Waals surface area (Å²) >= 11 is 0. The molecule has 2 aliphatic carbocycles. The van der Waals surface area contributed by atoms with Crippen LogP contribution in [0.1, 0.15) is 33.9 Å². The van der Waals surface area contributed by atoms with Crippen molar-refractivity contribution < 1.29 is 9.36 Å². The molecule has 3 aliphatic rings. The first-order valence-corrected chi connectivity index (χ1v) is 15.1. The van der Waals surface area contributed by atoms with E-state index in [1.165, 1.54) is 4.57 Å². The highest BCUT2D eigenvalue weighted by Gasteiger charge is 2.38. The van der Waals surface area contributed by atoms with Crippen LogP contribution in [0.15, 0.2) is 99.4 Å². The molecule has 0 radical (unpaired) electrons. The summed E-state index contributed by atoms with van der Waals surface area (Å²) in [7, 11) is 0. The summed E-state index contributed by atoms with van der Waals surface area (Å²) < 4.78 is 3.08. The number of allylic oxidation sites excluding steroid dienone is 4. The standard InChI is InChI=1S/C38H19N3O4/c42-34-20-12-13-21-30-24(38(45)41-27-9-5-4-8-26(27)39-35(21)41)15-18-14-17-10-11-22-31-25(16-23(34)33(28(17)31)29(18)32(20)30)37(44)40(36(22)43)19-6-2-1-3-7-19/h1-6,8-13,15-16,19H,7,14H2/p+1. The minimum Gasteiger partial charge on any atom is -0.289 e. The van der Waals surface area contributed by atoms with Crippen LogP contribution < -0.4 is 21.1 Å². The number of para-hydroxylation sites is 2. The maximum absolute atomic E-state index is 14.5. The Balaban J connectivity index is 1.36. The molecule has 45 heavy (non-hydrogen) atoms. The molecule has 7 nitrogen and oxygen atoms in total. The zero-order valence-electron chi connectivity index (χ0n) is 23.6. The van der Waals surface area contributed by atoms with Crippen molar-refractivity contribution in [2.45, 2.75) is 18.9 Å². The lowest BCUT2D eigenvalue weighted by Gasteiger charge is -2.25. The fourth-order valence-electron chi connectivity index (χ4n) is 8.53. The van der Waals surface area contributed by atoms with Gasteiger partial charge in [-0.2, -0.15) is 4.57 Å². The Morgan fingerprint density at radius 3 is 2.36 bits per heavy atom. The molecule has 1 atom stereocenters. The SMILES string of the molecule is O=C1c2cc3c4c5c2c(ccc5c(=O)c2cc5c(=O)n(C6C=CC=CC6)c(=O)c6ccc(c(c65)c24)C3)-c2[nH]c3ccccc3[n+]21. The minimum atomic E-state index is -0.383. The van der Waals surface area contributed by atoms with Gasteiger partial charge in [-0.15, -0.1) is 0 Å². The number of carbonyl (C=O) groups is 1. The van der Waals surface area contributed by atoms with Crippen LogP contribution in [0.3, 0.4) is 0 Å². The van der Waals surface area contributed by atoms with Crippen molar-refractivity contribution in [3.63, 3.8) is 0 Å². The minimum absolute atomic E-state index is 0.132. The highest BCUT2D eigenvalue weighted by Crippen LogP contribution is 2.47. The van der Waals surface area contributed by atoms with E-state index < -0.39 is 0 Å². The predicted molar refractivity (Wildman–Crippen MR) is 175 cm³/mol. The van der Waals surface area contributed by atoms with E-state index in [1.54, 1.807) is 10.6 Å². The van der Waals surface area contributed by atoms with Crippen molar-refractivity contribution in [1.82, 2.24) is 9.55 Å². The van der Waals surface area contributed by atoms with Gasteiger partial charge in [0, 0.05) is 43.1 Å². The van der Waals surface area contributed by atoms with E-state index in [4.69, 9.17) is 0 Å². The largest absolute Gasteiger partial charge is 0.347 e. The molecule has 7 heteroatoms. The number of hydrogen-bond donors (Lipinski definition) is 1. The number of hydrogen-bond acceptors (Lipinski definition) is 4. The van der Waals surface area contributed by atoms with Gasteiger partial charge in [0.2, 0.25) is 0 Å². The second-order valence-corrected chi connectivity index (χ2v) is 12.5. The van der Waals surface area contributed by atoms with Gasteiger partial charge >= 0.3 is 5.91 Å². The molecule has 2 aromatic heterocycles. The van der Waals surface area contributed by atoms with Crippen molar-refractivity contribution in [2.75, 3.05) is 0 Å². The van der Waals surface area contributed by atoms with E-state index in [9.17, 15) is 19.2 Å². The molecule has 8 aromatic rings. The predicted octanol–water partition coefficient (Wildman–Crippen LogP) is 5.61. The summed E-state index contributed by atoms with van der Waals surface area (Å²) in [5.74, 6) is 0.557. The van der Waals surface area contributed by atoms with Gasteiger partial charge in [-0.1, -0.05) is 42.5 Å². The van der Waals surface area contributed by atoms with Crippen LogP contribution >= 0.6 is 0 Å². The average molecular weight is 583 g/mol. The van der Waals surface area contributed by atoms with Gasteiger partial charge in [0.05, 0.1) is 17.2 Å². The number of imidazole rings is 1. The molecule has 1 aliphatic heterocycles. The number of carbonyl (C=O) groups excluding carboxylic acids is 1. The lowest BCUT2D eigenvalue weighted by atomic mass is 9.78. The van der Waals surface area contributed by atoms with Crippen molar-refractivity contribution in [1.29, 1.82) is 0 Å². The number of rotatable bonds is 1. The zero-order chi connectivity index (χ0) is 29.9. The second-order valence-electron chi connectivity index (χ2n) is 12.5. The van der Waals surface area contributed by atoms with Crippen LogP contribution in [0.25, 0.3) is 76.3 Å². The first-order chi connectivity index (χ1) is 22.0. The monoisotopic (exact) mass is 582 g/mol. The van der Waals surface area contributed by atoms with Crippen LogP contribution in [-0.2, 0) is 6.42 Å². The molecule has 3 heterocycles. The van der Waals surface area contributed by atoms with E-state index in [0.29, 0.717) is 51.2 Å². The molecular formula is C38H20N3O4+. The summed E-state index contributed by atoms with van der Waals surface area (Å²) in [5.41, 5.74) is 4.13. The maximum atomic E-state index is 14.5. The van der Waals surface area contributed by atoms with Gasteiger partial charge < -0.3 is 0 Å². The molecule has 6 aromatic carbocycles. The summed E-state index contributed by atoms with van der Waals surface area (Å²) in [6, 6.07) is 18.6. The summed E-state index contributed by atoms with van der Waals surface area (Å²) in [6.07, 6.45) is 8.66. The molecule has 0 amide bonds. The van der Waals surface area contributed by atoms with Gasteiger partial charge in [-0.3, -0.25) is 19.0 Å². The number of fused-ring (bicyclic) bond motifs is 4. The Bertz CT molecular complexity index is 3020. The van der Waals surface area contributed by atoms with E-state index in [2.05, 4.69) is 4.98 Å². The molecule has 0 fully saturated rings. The Labute approximate surface area is 252 Å². The van der Waals surface area contributed by atoms with Gasteiger partial charge in [-0.25, -0.2) is 9.78 Å². The number of nitrogens with zero attached hydrogens (tertiary/aromatic N) is 2. The van der Waals surface area contributed by atoms with E-state index >= 15 is 0 Å². The summed E-state index contributed by atoms with van der Waals surface area (Å²) in [5, 5.41) is 6.53. The fourth-order valence-corrected chi connectivity index (χ4v) is 8.53. The van der Waals surface area contributed by atoms with Crippen molar-refractivity contribution >= 4 is 70.8 Å². The topological polar surface area (TPSA) is 92.9 Å². The summed E-state index contributed by atoms with van der Waals surface area (Å²) in [4.78, 5) is 60.3. The van der Waals surface area contributed by atoms with Crippen molar-refractivity contribution in [3.05, 3.63) is 133 Å². The number of H-pyrrole nitrogens is 1. The first-order valence-electron chi connectivity index (χ1n) is 15.1. The molecular weight excluding hydrogens is 562 g/mol. The molecule has 1 N–H and O–H groups in total. The van der Waals surface area contributed by atoms with Crippen LogP contribution in [0.4, 0.5) is 0 Å². The number of pyridine rings is 1. The fraction of sp³-hybridized carbons (Fsp3) is 0.0789. The normalized spacial score (nSPS) is 16.6. The van der Waals surface area contributed by atoms with E-state index in [0.717, 1.165) is 54.7 Å². The molecule has 11 rings (SSSR count). The number of benzene rings is 6. The third-order valence-corrected chi connectivity index (χ3v) is 10.4. The third-order valence-electron chi connectivity index (χ3n) is 10.4. The van der Waals surface area contributed by atoms with E-state index in [-0.39, 0.29) is 28.5 Å². The van der Waals surface area contributed by atoms with Crippen LogP contribution in [-0.4, -0.2) is 15.5 Å². The van der Waals surface area contributed by atoms with Gasteiger partial charge in [0.1, 0.15) is 0 Å². The molecule has 1 unspecified atom stereocenters. The molecule has 0 saturated carbocycles. The van der Waals surface area contributed by atoms with Crippen LogP contribution in [0.2, 0.25) is 0 Å². The zero-order valence-corrected chi connectivity index (χ0v) is 23.6. The average Bonchev–Trinajstić information content (AvgIpc) is 3.46. The lowest BCUT2D eigenvalue weighted by molar-refractivity contribution is -0.530. The van der Waals surface area contributed by atoms with Crippen molar-refractivity contribution in [2.24, 2.45) is 0 Å². The molecule has 0 bridgehead atoms. The van der Waals surface area contributed by atoms with Gasteiger partial charge in [0.15, 0.2) is 16.5 Å². The Morgan fingerprint density at radius 1 is 0.689 bits per heavy atom. The van der Waals surface area contributed by atoms with Crippen molar-refractivity contribution in [3.8, 4) is 11.4 Å². The third kappa shape index (κ3) is 2.56. The Hall–Kier alpha value is -5.95. The van der Waals surface area contributed by atoms with Crippen LogP contribution in [0, 0.1) is 0 Å². The first kappa shape index (κ1) is 23.5. The maximum Gasteiger partial charge on any atom is 0.347 e. The highest BCUT2D eigenvalue weighted by molar-refractivity contribution is 6.36. The van der Waals surface area contributed by atoms with Gasteiger partial charge in [-0.05, 0) is 77.2 Å². The second kappa shape index (κ2) is 7.57. The highest BCUT2D eigenvalue weighted by atomic mass is 16.2. The quantitative estimate of drug-likeness (QED) is 0.155.